The number of pyridine rings is 1. The number of hydrogen-bond donors (Lipinski definition) is 1. The molecule has 0 fully saturated rings. The van der Waals surface area contributed by atoms with Crippen molar-refractivity contribution in [3.63, 3.8) is 0 Å². The third-order valence-electron chi connectivity index (χ3n) is 4.82. The van der Waals surface area contributed by atoms with E-state index in [2.05, 4.69) is 59.0 Å². The van der Waals surface area contributed by atoms with E-state index in [-0.39, 0.29) is 11.3 Å². The largest absolute Gasteiger partial charge is 0.496 e. The van der Waals surface area contributed by atoms with Gasteiger partial charge in [-0.1, -0.05) is 46.8 Å². The van der Waals surface area contributed by atoms with Crippen LogP contribution in [-0.4, -0.2) is 18.0 Å². The quantitative estimate of drug-likeness (QED) is 0.687. The van der Waals surface area contributed by atoms with Crippen molar-refractivity contribution in [2.45, 2.75) is 67.2 Å². The fourth-order valence-electron chi connectivity index (χ4n) is 3.36. The van der Waals surface area contributed by atoms with Crippen molar-refractivity contribution in [1.82, 2.24) is 4.98 Å². The van der Waals surface area contributed by atoms with E-state index in [0.717, 1.165) is 40.4 Å². The first kappa shape index (κ1) is 21.9. The Morgan fingerprint density at radius 3 is 2.25 bits per heavy atom. The van der Waals surface area contributed by atoms with Crippen molar-refractivity contribution >= 4 is 11.6 Å². The molecular weight excluding hydrogens is 348 g/mol. The molecule has 0 saturated carbocycles. The number of carbonyl (C=O) groups is 1. The van der Waals surface area contributed by atoms with E-state index < -0.39 is 0 Å². The Labute approximate surface area is 169 Å². The molecule has 0 unspecified atom stereocenters. The van der Waals surface area contributed by atoms with Crippen LogP contribution in [0.2, 0.25) is 0 Å². The highest BCUT2D eigenvalue weighted by Gasteiger charge is 2.19. The number of benzene rings is 1. The maximum absolute atomic E-state index is 12.1. The minimum absolute atomic E-state index is 0.0237. The highest BCUT2D eigenvalue weighted by atomic mass is 16.5. The number of rotatable bonds is 6. The van der Waals surface area contributed by atoms with Crippen LogP contribution in [0.15, 0.2) is 24.3 Å². The Morgan fingerprint density at radius 2 is 1.75 bits per heavy atom. The lowest BCUT2D eigenvalue weighted by atomic mass is 9.92. The Hall–Kier alpha value is -2.36. The second kappa shape index (κ2) is 8.76. The minimum atomic E-state index is -0.0237. The topological polar surface area (TPSA) is 51.2 Å². The first-order valence-electron chi connectivity index (χ1n) is 9.94. The van der Waals surface area contributed by atoms with Crippen LogP contribution < -0.4 is 10.1 Å². The van der Waals surface area contributed by atoms with Gasteiger partial charge in [0.25, 0.3) is 0 Å². The summed E-state index contributed by atoms with van der Waals surface area (Å²) in [5.74, 6) is 1.29. The molecule has 0 aliphatic heterocycles. The molecule has 2 aromatic rings. The molecule has 1 heterocycles. The molecule has 4 nitrogen and oxygen atoms in total. The van der Waals surface area contributed by atoms with Gasteiger partial charge >= 0.3 is 0 Å². The first-order valence-corrected chi connectivity index (χ1v) is 9.94. The molecule has 0 radical (unpaired) electrons. The number of hydrogen-bond acceptors (Lipinski definition) is 3. The van der Waals surface area contributed by atoms with E-state index in [1.807, 2.05) is 19.1 Å². The molecule has 0 aliphatic rings. The number of nitrogens with zero attached hydrogens (tertiary/aromatic N) is 1. The molecule has 4 heteroatoms. The number of amides is 1. The van der Waals surface area contributed by atoms with Gasteiger partial charge in [-0.05, 0) is 42.9 Å². The van der Waals surface area contributed by atoms with Gasteiger partial charge in [0.05, 0.1) is 12.8 Å². The highest BCUT2D eigenvalue weighted by Crippen LogP contribution is 2.33. The maximum Gasteiger partial charge on any atom is 0.224 e. The number of carbonyl (C=O) groups excluding carboxylic acids is 1. The zero-order valence-corrected chi connectivity index (χ0v) is 18.6. The number of anilines is 1. The van der Waals surface area contributed by atoms with Crippen LogP contribution in [-0.2, 0) is 11.2 Å². The fourth-order valence-corrected chi connectivity index (χ4v) is 3.36. The number of methoxy groups -OCH3 is 1. The van der Waals surface area contributed by atoms with Crippen LogP contribution in [0.1, 0.15) is 75.0 Å². The molecule has 1 aromatic carbocycles. The minimum Gasteiger partial charge on any atom is -0.496 e. The lowest BCUT2D eigenvalue weighted by Gasteiger charge is -2.20. The number of aryl methyl sites for hydroxylation is 1. The zero-order chi connectivity index (χ0) is 21.1. The van der Waals surface area contributed by atoms with Crippen LogP contribution in [0.25, 0.3) is 0 Å². The summed E-state index contributed by atoms with van der Waals surface area (Å²) >= 11 is 0. The number of nitrogens with one attached hydrogen (secondary N) is 1. The lowest BCUT2D eigenvalue weighted by molar-refractivity contribution is -0.117. The Morgan fingerprint density at radius 1 is 1.14 bits per heavy atom. The summed E-state index contributed by atoms with van der Waals surface area (Å²) in [7, 11) is 1.73. The Kier molecular flexibility index (Phi) is 6.87. The zero-order valence-electron chi connectivity index (χ0n) is 18.6. The average Bonchev–Trinajstić information content (AvgIpc) is 2.58. The third-order valence-corrected chi connectivity index (χ3v) is 4.82. The SMILES string of the molecule is COc1c(C)c(C)nc(C(C)C)c1Cc1ccc(NC(=O)CC(C)(C)C)cc1. The van der Waals surface area contributed by atoms with Crippen LogP contribution in [0, 0.1) is 19.3 Å². The van der Waals surface area contributed by atoms with Gasteiger partial charge in [0.2, 0.25) is 5.91 Å². The molecule has 1 aromatic heterocycles. The van der Waals surface area contributed by atoms with E-state index in [1.165, 1.54) is 5.56 Å². The Bertz CT molecular complexity index is 831. The van der Waals surface area contributed by atoms with Crippen molar-refractivity contribution in [3.8, 4) is 5.75 Å². The molecule has 0 aliphatic carbocycles. The van der Waals surface area contributed by atoms with Crippen molar-refractivity contribution in [1.29, 1.82) is 0 Å². The molecule has 1 amide bonds. The van der Waals surface area contributed by atoms with E-state index in [4.69, 9.17) is 9.72 Å². The van der Waals surface area contributed by atoms with Gasteiger partial charge in [-0.15, -0.1) is 0 Å². The van der Waals surface area contributed by atoms with Gasteiger partial charge in [-0.2, -0.15) is 0 Å². The van der Waals surface area contributed by atoms with E-state index >= 15 is 0 Å². The standard InChI is InChI=1S/C24H34N2O2/c1-15(2)22-20(23(28-8)16(3)17(4)25-22)13-18-9-11-19(12-10-18)26-21(27)14-24(5,6)7/h9-12,15H,13-14H2,1-8H3,(H,26,27). The van der Waals surface area contributed by atoms with Gasteiger partial charge in [0, 0.05) is 35.3 Å². The maximum atomic E-state index is 12.1. The molecular formula is C24H34N2O2. The molecule has 28 heavy (non-hydrogen) atoms. The summed E-state index contributed by atoms with van der Waals surface area (Å²) in [4.78, 5) is 17.0. The summed E-state index contributed by atoms with van der Waals surface area (Å²) < 4.78 is 5.75. The third kappa shape index (κ3) is 5.57. The molecule has 1 N–H and O–H groups in total. The van der Waals surface area contributed by atoms with Crippen molar-refractivity contribution in [2.24, 2.45) is 5.41 Å². The summed E-state index contributed by atoms with van der Waals surface area (Å²) in [5.41, 5.74) is 6.30. The van der Waals surface area contributed by atoms with Gasteiger partial charge < -0.3 is 10.1 Å². The van der Waals surface area contributed by atoms with Crippen molar-refractivity contribution in [3.05, 3.63) is 52.3 Å². The second-order valence-corrected chi connectivity index (χ2v) is 9.03. The summed E-state index contributed by atoms with van der Waals surface area (Å²) in [5, 5.41) is 2.98. The Balaban J connectivity index is 2.25. The van der Waals surface area contributed by atoms with Crippen LogP contribution in [0.5, 0.6) is 5.75 Å². The number of aromatic nitrogens is 1. The van der Waals surface area contributed by atoms with Gasteiger partial charge in [0.1, 0.15) is 5.75 Å². The predicted octanol–water partition coefficient (Wildman–Crippen LogP) is 5.80. The van der Waals surface area contributed by atoms with E-state index in [1.54, 1.807) is 7.11 Å². The van der Waals surface area contributed by atoms with Crippen LogP contribution >= 0.6 is 0 Å². The van der Waals surface area contributed by atoms with Crippen molar-refractivity contribution < 1.29 is 9.53 Å². The summed E-state index contributed by atoms with van der Waals surface area (Å²) in [6.45, 7) is 14.6. The second-order valence-electron chi connectivity index (χ2n) is 9.03. The fraction of sp³-hybridized carbons (Fsp3) is 0.500. The smallest absolute Gasteiger partial charge is 0.224 e. The molecule has 152 valence electrons. The molecule has 0 atom stereocenters. The van der Waals surface area contributed by atoms with E-state index in [0.29, 0.717) is 12.3 Å². The molecule has 0 saturated heterocycles. The monoisotopic (exact) mass is 382 g/mol. The van der Waals surface area contributed by atoms with Gasteiger partial charge in [-0.25, -0.2) is 0 Å². The molecule has 0 bridgehead atoms. The first-order chi connectivity index (χ1) is 13.0. The van der Waals surface area contributed by atoms with Crippen LogP contribution in [0.3, 0.4) is 0 Å². The van der Waals surface area contributed by atoms with E-state index in [9.17, 15) is 4.79 Å². The number of ether oxygens (including phenoxy) is 1. The highest BCUT2D eigenvalue weighted by molar-refractivity contribution is 5.91. The average molecular weight is 383 g/mol. The van der Waals surface area contributed by atoms with Gasteiger partial charge in [-0.3, -0.25) is 9.78 Å². The summed E-state index contributed by atoms with van der Waals surface area (Å²) in [6.07, 6.45) is 1.25. The lowest BCUT2D eigenvalue weighted by Crippen LogP contribution is -2.19. The van der Waals surface area contributed by atoms with Gasteiger partial charge in [0.15, 0.2) is 0 Å². The van der Waals surface area contributed by atoms with Crippen LogP contribution in [0.4, 0.5) is 5.69 Å². The molecule has 0 spiro atoms. The van der Waals surface area contributed by atoms with Crippen molar-refractivity contribution in [2.75, 3.05) is 12.4 Å². The summed E-state index contributed by atoms with van der Waals surface area (Å²) in [6, 6.07) is 8.05. The predicted molar refractivity (Wildman–Crippen MR) is 116 cm³/mol. The normalized spacial score (nSPS) is 11.6. The molecule has 2 rings (SSSR count).